The lowest BCUT2D eigenvalue weighted by molar-refractivity contribution is -0.159. The van der Waals surface area contributed by atoms with E-state index in [-0.39, 0.29) is 32.1 Å². The lowest BCUT2D eigenvalue weighted by Crippen LogP contribution is -2.56. The quantitative estimate of drug-likeness (QED) is 0.126. The maximum absolute atomic E-state index is 13.1. The van der Waals surface area contributed by atoms with Gasteiger partial charge in [0.25, 0.3) is 0 Å². The van der Waals surface area contributed by atoms with Gasteiger partial charge < -0.3 is 36.5 Å². The lowest BCUT2D eigenvalue weighted by Gasteiger charge is -2.24. The number of esters is 2. The van der Waals surface area contributed by atoms with Crippen molar-refractivity contribution in [3.05, 3.63) is 35.9 Å². The predicted molar refractivity (Wildman–Crippen MR) is 141 cm³/mol. The molecule has 1 aromatic carbocycles. The molecule has 2 unspecified atom stereocenters. The Balaban J connectivity index is 2.99. The lowest BCUT2D eigenvalue weighted by atomic mass is 10.0. The third-order valence-electron chi connectivity index (χ3n) is 5.23. The summed E-state index contributed by atoms with van der Waals surface area (Å²) in [5.74, 6) is -4.60. The van der Waals surface area contributed by atoms with Gasteiger partial charge in [0.2, 0.25) is 29.7 Å². The molecule has 39 heavy (non-hydrogen) atoms. The Morgan fingerprint density at radius 1 is 0.795 bits per heavy atom. The summed E-state index contributed by atoms with van der Waals surface area (Å²) < 4.78 is 9.61. The molecule has 0 aliphatic heterocycles. The molecule has 4 amide bonds. The Morgan fingerprint density at radius 2 is 1.38 bits per heavy atom. The van der Waals surface area contributed by atoms with Gasteiger partial charge in [-0.2, -0.15) is 0 Å². The van der Waals surface area contributed by atoms with Crippen LogP contribution in [0, 0.1) is 5.92 Å². The van der Waals surface area contributed by atoms with Gasteiger partial charge >= 0.3 is 11.9 Å². The average Bonchev–Trinajstić information content (AvgIpc) is 2.89. The maximum atomic E-state index is 13.1. The fourth-order valence-electron chi connectivity index (χ4n) is 3.46. The summed E-state index contributed by atoms with van der Waals surface area (Å²) in [5.41, 5.74) is 6.11. The van der Waals surface area contributed by atoms with Gasteiger partial charge in [-0.05, 0) is 31.7 Å². The van der Waals surface area contributed by atoms with Crippen molar-refractivity contribution in [3.63, 3.8) is 0 Å². The minimum Gasteiger partial charge on any atom is -0.464 e. The summed E-state index contributed by atoms with van der Waals surface area (Å²) in [5, 5.41) is 9.81. The standard InChI is InChI=1S/C26H39N5O8/c1-5-38-25(36)22(26(37)39-6-2)31-21(33)15-28-23(34)19(13-17-10-8-7-9-11-17)30-24(35)18(12-16(3)4)29-20(32)14-27/h7-11,16,18-19,22H,5-6,12-15,27H2,1-4H3,(H,28,34)(H,29,32)(H,30,35)(H,31,33). The molecule has 1 rings (SSSR count). The van der Waals surface area contributed by atoms with Gasteiger partial charge in [-0.3, -0.25) is 19.2 Å². The molecule has 0 radical (unpaired) electrons. The highest BCUT2D eigenvalue weighted by molar-refractivity contribution is 6.03. The number of amides is 4. The van der Waals surface area contributed by atoms with E-state index in [0.29, 0.717) is 6.42 Å². The van der Waals surface area contributed by atoms with Crippen LogP contribution in [-0.2, 0) is 44.7 Å². The van der Waals surface area contributed by atoms with Crippen molar-refractivity contribution in [2.45, 2.75) is 58.7 Å². The molecular weight excluding hydrogens is 510 g/mol. The second-order valence-electron chi connectivity index (χ2n) is 8.93. The Hall–Kier alpha value is -4.00. The topological polar surface area (TPSA) is 195 Å². The maximum Gasteiger partial charge on any atom is 0.340 e. The molecule has 13 heteroatoms. The highest BCUT2D eigenvalue weighted by atomic mass is 16.6. The van der Waals surface area contributed by atoms with E-state index in [9.17, 15) is 28.8 Å². The molecule has 0 heterocycles. The Kier molecular flexibility index (Phi) is 14.8. The van der Waals surface area contributed by atoms with Crippen LogP contribution in [0.25, 0.3) is 0 Å². The van der Waals surface area contributed by atoms with E-state index in [1.807, 2.05) is 13.8 Å². The third kappa shape index (κ3) is 12.4. The summed E-state index contributed by atoms with van der Waals surface area (Å²) in [7, 11) is 0. The van der Waals surface area contributed by atoms with Crippen molar-refractivity contribution < 1.29 is 38.2 Å². The average molecular weight is 550 g/mol. The van der Waals surface area contributed by atoms with Gasteiger partial charge in [0.1, 0.15) is 12.1 Å². The first-order chi connectivity index (χ1) is 18.5. The Morgan fingerprint density at radius 3 is 1.90 bits per heavy atom. The third-order valence-corrected chi connectivity index (χ3v) is 5.23. The molecule has 0 spiro atoms. The van der Waals surface area contributed by atoms with Gasteiger partial charge in [-0.25, -0.2) is 9.59 Å². The molecule has 0 saturated heterocycles. The smallest absolute Gasteiger partial charge is 0.340 e. The molecule has 0 bridgehead atoms. The first-order valence-electron chi connectivity index (χ1n) is 12.8. The van der Waals surface area contributed by atoms with Crippen LogP contribution in [-0.4, -0.2) is 80.0 Å². The van der Waals surface area contributed by atoms with Crippen LogP contribution in [0.3, 0.4) is 0 Å². The number of hydrogen-bond donors (Lipinski definition) is 5. The van der Waals surface area contributed by atoms with E-state index < -0.39 is 60.2 Å². The zero-order chi connectivity index (χ0) is 29.4. The summed E-state index contributed by atoms with van der Waals surface area (Å²) in [6, 6.07) is 5.15. The number of nitrogens with one attached hydrogen (secondary N) is 4. The number of carbonyl (C=O) groups is 6. The minimum absolute atomic E-state index is 0.0221. The Labute approximate surface area is 227 Å². The van der Waals surface area contributed by atoms with Gasteiger partial charge in [0.15, 0.2) is 0 Å². The summed E-state index contributed by atoms with van der Waals surface area (Å²) >= 11 is 0. The number of hydrogen-bond acceptors (Lipinski definition) is 9. The van der Waals surface area contributed by atoms with Gasteiger partial charge in [0.05, 0.1) is 26.3 Å². The molecule has 6 N–H and O–H groups in total. The first-order valence-corrected chi connectivity index (χ1v) is 12.8. The fourth-order valence-corrected chi connectivity index (χ4v) is 3.46. The molecule has 0 aliphatic carbocycles. The van der Waals surface area contributed by atoms with Crippen LogP contribution in [0.2, 0.25) is 0 Å². The van der Waals surface area contributed by atoms with Crippen molar-refractivity contribution in [2.75, 3.05) is 26.3 Å². The van der Waals surface area contributed by atoms with Crippen LogP contribution >= 0.6 is 0 Å². The van der Waals surface area contributed by atoms with Crippen molar-refractivity contribution in [1.29, 1.82) is 0 Å². The van der Waals surface area contributed by atoms with Crippen LogP contribution in [0.15, 0.2) is 30.3 Å². The van der Waals surface area contributed by atoms with E-state index in [1.165, 1.54) is 13.8 Å². The van der Waals surface area contributed by atoms with E-state index in [1.54, 1.807) is 30.3 Å². The van der Waals surface area contributed by atoms with E-state index in [4.69, 9.17) is 15.2 Å². The van der Waals surface area contributed by atoms with Crippen molar-refractivity contribution >= 4 is 35.6 Å². The number of carbonyl (C=O) groups excluding carboxylic acids is 6. The van der Waals surface area contributed by atoms with E-state index in [0.717, 1.165) is 5.56 Å². The SMILES string of the molecule is CCOC(=O)C(NC(=O)CNC(=O)C(Cc1ccccc1)NC(=O)C(CC(C)C)NC(=O)CN)C(=O)OCC. The molecule has 13 nitrogen and oxygen atoms in total. The van der Waals surface area contributed by atoms with Crippen molar-refractivity contribution in [2.24, 2.45) is 11.7 Å². The zero-order valence-electron chi connectivity index (χ0n) is 22.8. The van der Waals surface area contributed by atoms with Crippen LogP contribution < -0.4 is 27.0 Å². The highest BCUT2D eigenvalue weighted by Gasteiger charge is 2.32. The number of nitrogens with two attached hydrogens (primary N) is 1. The molecule has 0 fully saturated rings. The molecule has 1 aromatic rings. The summed E-state index contributed by atoms with van der Waals surface area (Å²) in [6.07, 6.45) is 0.399. The number of ether oxygens (including phenoxy) is 2. The predicted octanol–water partition coefficient (Wildman–Crippen LogP) is -1.07. The van der Waals surface area contributed by atoms with Gasteiger partial charge in [-0.1, -0.05) is 44.2 Å². The molecular formula is C26H39N5O8. The molecule has 0 aromatic heterocycles. The summed E-state index contributed by atoms with van der Waals surface area (Å²) in [4.78, 5) is 74.7. The fraction of sp³-hybridized carbons (Fsp3) is 0.538. The van der Waals surface area contributed by atoms with Gasteiger partial charge in [0, 0.05) is 6.42 Å². The normalized spacial score (nSPS) is 12.2. The number of rotatable bonds is 16. The van der Waals surface area contributed by atoms with Gasteiger partial charge in [-0.15, -0.1) is 0 Å². The van der Waals surface area contributed by atoms with Crippen molar-refractivity contribution in [1.82, 2.24) is 21.3 Å². The minimum atomic E-state index is -1.70. The second-order valence-corrected chi connectivity index (χ2v) is 8.93. The van der Waals surface area contributed by atoms with Crippen molar-refractivity contribution in [3.8, 4) is 0 Å². The first kappa shape index (κ1) is 33.0. The van der Waals surface area contributed by atoms with E-state index >= 15 is 0 Å². The van der Waals surface area contributed by atoms with E-state index in [2.05, 4.69) is 21.3 Å². The van der Waals surface area contributed by atoms with Crippen LogP contribution in [0.1, 0.15) is 39.7 Å². The second kappa shape index (κ2) is 17.5. The molecule has 0 aliphatic rings. The van der Waals surface area contributed by atoms with Crippen LogP contribution in [0.5, 0.6) is 0 Å². The molecule has 0 saturated carbocycles. The summed E-state index contributed by atoms with van der Waals surface area (Å²) in [6.45, 7) is 5.88. The van der Waals surface area contributed by atoms with Crippen LogP contribution in [0.4, 0.5) is 0 Å². The number of benzene rings is 1. The Bertz CT molecular complexity index is 968. The zero-order valence-corrected chi connectivity index (χ0v) is 22.8. The largest absolute Gasteiger partial charge is 0.464 e. The molecule has 2 atom stereocenters. The molecule has 216 valence electrons. The monoisotopic (exact) mass is 549 g/mol. The highest BCUT2D eigenvalue weighted by Crippen LogP contribution is 2.08.